The Labute approximate surface area is 155 Å². The van der Waals surface area contributed by atoms with Crippen molar-refractivity contribution >= 4 is 29.0 Å². The molecule has 0 saturated carbocycles. The van der Waals surface area contributed by atoms with Crippen LogP contribution in [0.2, 0.25) is 5.02 Å². The number of nitrogens with zero attached hydrogens (tertiary/aromatic N) is 2. The zero-order valence-electron chi connectivity index (χ0n) is 13.7. The van der Waals surface area contributed by atoms with Crippen molar-refractivity contribution in [2.45, 2.75) is 6.42 Å². The van der Waals surface area contributed by atoms with Crippen molar-refractivity contribution in [3.63, 3.8) is 0 Å². The Morgan fingerprint density at radius 3 is 2.73 bits per heavy atom. The predicted octanol–water partition coefficient (Wildman–Crippen LogP) is 3.99. The number of anilines is 2. The Morgan fingerprint density at radius 1 is 1.08 bits per heavy atom. The minimum Gasteiger partial charge on any atom is -0.350 e. The summed E-state index contributed by atoms with van der Waals surface area (Å²) in [6, 6.07) is 15.0. The van der Waals surface area contributed by atoms with Gasteiger partial charge in [-0.05, 0) is 42.3 Å². The summed E-state index contributed by atoms with van der Waals surface area (Å²) in [7, 11) is 0. The van der Waals surface area contributed by atoms with Crippen molar-refractivity contribution in [2.24, 2.45) is 0 Å². The molecule has 2 N–H and O–H groups in total. The average Bonchev–Trinajstić information content (AvgIpc) is 2.62. The standard InChI is InChI=1S/C19H16ClFN4O/c20-14-4-1-3-13(9-14)7-8-22-19(26)17-11-18(24-12-23-17)25-16-6-2-5-15(21)10-16/h1-6,9-12H,7-8H2,(H,22,26)(H,23,24,25). The van der Waals surface area contributed by atoms with E-state index < -0.39 is 0 Å². The maximum atomic E-state index is 13.2. The summed E-state index contributed by atoms with van der Waals surface area (Å²) < 4.78 is 13.2. The SMILES string of the molecule is O=C(NCCc1cccc(Cl)c1)c1cc(Nc2cccc(F)c2)ncn1. The molecule has 132 valence electrons. The summed E-state index contributed by atoms with van der Waals surface area (Å²) in [5.74, 6) is -0.259. The summed E-state index contributed by atoms with van der Waals surface area (Å²) in [5, 5.41) is 6.41. The van der Waals surface area contributed by atoms with Gasteiger partial charge in [-0.2, -0.15) is 0 Å². The van der Waals surface area contributed by atoms with Crippen molar-refractivity contribution in [2.75, 3.05) is 11.9 Å². The highest BCUT2D eigenvalue weighted by Gasteiger charge is 2.09. The van der Waals surface area contributed by atoms with E-state index in [0.717, 1.165) is 5.56 Å². The summed E-state index contributed by atoms with van der Waals surface area (Å²) in [6.07, 6.45) is 1.94. The number of rotatable bonds is 6. The molecule has 0 spiro atoms. The average molecular weight is 371 g/mol. The Balaban J connectivity index is 1.59. The van der Waals surface area contributed by atoms with E-state index in [4.69, 9.17) is 11.6 Å². The van der Waals surface area contributed by atoms with Gasteiger partial charge in [-0.15, -0.1) is 0 Å². The number of hydrogen-bond acceptors (Lipinski definition) is 4. The molecule has 0 bridgehead atoms. The molecule has 5 nitrogen and oxygen atoms in total. The fraction of sp³-hybridized carbons (Fsp3) is 0.105. The molecular formula is C19H16ClFN4O. The molecule has 26 heavy (non-hydrogen) atoms. The molecule has 7 heteroatoms. The first-order valence-electron chi connectivity index (χ1n) is 7.97. The smallest absolute Gasteiger partial charge is 0.270 e. The van der Waals surface area contributed by atoms with Crippen molar-refractivity contribution in [1.29, 1.82) is 0 Å². The van der Waals surface area contributed by atoms with Crippen LogP contribution in [-0.4, -0.2) is 22.4 Å². The first-order valence-corrected chi connectivity index (χ1v) is 8.35. The third kappa shape index (κ3) is 5.00. The molecule has 0 aliphatic rings. The van der Waals surface area contributed by atoms with Crippen LogP contribution in [0.4, 0.5) is 15.9 Å². The van der Waals surface area contributed by atoms with Crippen LogP contribution in [0.3, 0.4) is 0 Å². The number of benzene rings is 2. The van der Waals surface area contributed by atoms with Gasteiger partial charge < -0.3 is 10.6 Å². The highest BCUT2D eigenvalue weighted by molar-refractivity contribution is 6.30. The van der Waals surface area contributed by atoms with Gasteiger partial charge in [0.25, 0.3) is 5.91 Å². The molecule has 0 radical (unpaired) electrons. The van der Waals surface area contributed by atoms with Gasteiger partial charge >= 0.3 is 0 Å². The Morgan fingerprint density at radius 2 is 1.92 bits per heavy atom. The summed E-state index contributed by atoms with van der Waals surface area (Å²) >= 11 is 5.94. The Bertz CT molecular complexity index is 919. The second-order valence-electron chi connectivity index (χ2n) is 5.56. The van der Waals surface area contributed by atoms with E-state index >= 15 is 0 Å². The van der Waals surface area contributed by atoms with Crippen LogP contribution in [-0.2, 0) is 6.42 Å². The van der Waals surface area contributed by atoms with E-state index in [-0.39, 0.29) is 17.4 Å². The first kappa shape index (κ1) is 17.8. The van der Waals surface area contributed by atoms with E-state index in [1.54, 1.807) is 18.2 Å². The van der Waals surface area contributed by atoms with E-state index in [1.165, 1.54) is 24.5 Å². The monoisotopic (exact) mass is 370 g/mol. The highest BCUT2D eigenvalue weighted by Crippen LogP contribution is 2.15. The van der Waals surface area contributed by atoms with Gasteiger partial charge in [0.05, 0.1) is 0 Å². The second kappa shape index (κ2) is 8.40. The summed E-state index contributed by atoms with van der Waals surface area (Å²) in [6.45, 7) is 0.454. The molecule has 0 unspecified atom stereocenters. The molecular weight excluding hydrogens is 355 g/mol. The summed E-state index contributed by atoms with van der Waals surface area (Å²) in [5.41, 5.74) is 1.80. The molecule has 0 aliphatic carbocycles. The zero-order chi connectivity index (χ0) is 18.4. The minimum absolute atomic E-state index is 0.227. The molecule has 3 rings (SSSR count). The lowest BCUT2D eigenvalue weighted by atomic mass is 10.1. The van der Waals surface area contributed by atoms with Crippen LogP contribution >= 0.6 is 11.6 Å². The maximum Gasteiger partial charge on any atom is 0.270 e. The van der Waals surface area contributed by atoms with E-state index in [0.29, 0.717) is 29.5 Å². The number of nitrogens with one attached hydrogen (secondary N) is 2. The van der Waals surface area contributed by atoms with Gasteiger partial charge in [-0.1, -0.05) is 29.8 Å². The Hall–Kier alpha value is -2.99. The maximum absolute atomic E-state index is 13.2. The third-order valence-corrected chi connectivity index (χ3v) is 3.82. The predicted molar refractivity (Wildman–Crippen MR) is 99.2 cm³/mol. The van der Waals surface area contributed by atoms with Crippen LogP contribution in [0.15, 0.2) is 60.9 Å². The number of carbonyl (C=O) groups is 1. The quantitative estimate of drug-likeness (QED) is 0.688. The molecule has 0 saturated heterocycles. The van der Waals surface area contributed by atoms with Crippen molar-refractivity contribution in [3.05, 3.63) is 83.0 Å². The zero-order valence-corrected chi connectivity index (χ0v) is 14.5. The van der Waals surface area contributed by atoms with Gasteiger partial charge in [0.15, 0.2) is 0 Å². The topological polar surface area (TPSA) is 66.9 Å². The molecule has 1 amide bonds. The fourth-order valence-corrected chi connectivity index (χ4v) is 2.58. The van der Waals surface area contributed by atoms with Gasteiger partial charge in [0.1, 0.15) is 23.7 Å². The largest absolute Gasteiger partial charge is 0.350 e. The lowest BCUT2D eigenvalue weighted by Crippen LogP contribution is -2.26. The van der Waals surface area contributed by atoms with Crippen LogP contribution < -0.4 is 10.6 Å². The number of halogens is 2. The summed E-state index contributed by atoms with van der Waals surface area (Å²) in [4.78, 5) is 20.3. The second-order valence-corrected chi connectivity index (χ2v) is 6.00. The number of hydrogen-bond donors (Lipinski definition) is 2. The van der Waals surface area contributed by atoms with Gasteiger partial charge in [-0.25, -0.2) is 14.4 Å². The molecule has 0 atom stereocenters. The molecule has 0 fully saturated rings. The molecule has 0 aliphatic heterocycles. The van der Waals surface area contributed by atoms with E-state index in [1.807, 2.05) is 18.2 Å². The van der Waals surface area contributed by atoms with Gasteiger partial charge in [-0.3, -0.25) is 4.79 Å². The highest BCUT2D eigenvalue weighted by atomic mass is 35.5. The van der Waals surface area contributed by atoms with E-state index in [2.05, 4.69) is 20.6 Å². The lowest BCUT2D eigenvalue weighted by molar-refractivity contribution is 0.0949. The van der Waals surface area contributed by atoms with Gasteiger partial charge in [0.2, 0.25) is 0 Å². The fourth-order valence-electron chi connectivity index (χ4n) is 2.37. The minimum atomic E-state index is -0.358. The normalized spacial score (nSPS) is 10.4. The van der Waals surface area contributed by atoms with E-state index in [9.17, 15) is 9.18 Å². The molecule has 3 aromatic rings. The number of aromatic nitrogens is 2. The molecule has 2 aromatic carbocycles. The first-order chi connectivity index (χ1) is 12.6. The van der Waals surface area contributed by atoms with Crippen LogP contribution in [0.1, 0.15) is 16.1 Å². The van der Waals surface area contributed by atoms with Crippen molar-refractivity contribution in [3.8, 4) is 0 Å². The van der Waals surface area contributed by atoms with Crippen LogP contribution in [0.25, 0.3) is 0 Å². The van der Waals surface area contributed by atoms with Crippen molar-refractivity contribution < 1.29 is 9.18 Å². The Kier molecular flexibility index (Phi) is 5.76. The number of amides is 1. The van der Waals surface area contributed by atoms with Gasteiger partial charge in [0, 0.05) is 23.3 Å². The van der Waals surface area contributed by atoms with Crippen molar-refractivity contribution in [1.82, 2.24) is 15.3 Å². The van der Waals surface area contributed by atoms with Crippen LogP contribution in [0.5, 0.6) is 0 Å². The molecule has 1 aromatic heterocycles. The third-order valence-electron chi connectivity index (χ3n) is 3.59. The number of carbonyl (C=O) groups excluding carboxylic acids is 1. The molecule has 1 heterocycles. The van der Waals surface area contributed by atoms with Crippen LogP contribution in [0, 0.1) is 5.82 Å². The lowest BCUT2D eigenvalue weighted by Gasteiger charge is -2.08.